The zero-order valence-corrected chi connectivity index (χ0v) is 13.9. The van der Waals surface area contributed by atoms with Crippen LogP contribution in [0.25, 0.3) is 0 Å². The molecular formula is C19H24N2O2. The van der Waals surface area contributed by atoms with E-state index in [1.165, 1.54) is 5.56 Å². The van der Waals surface area contributed by atoms with Crippen molar-refractivity contribution in [2.45, 2.75) is 26.2 Å². The lowest BCUT2D eigenvalue weighted by molar-refractivity contribution is 0.247. The Bertz CT molecular complexity index is 616. The van der Waals surface area contributed by atoms with Crippen molar-refractivity contribution in [2.75, 3.05) is 18.5 Å². The molecule has 0 aliphatic heterocycles. The van der Waals surface area contributed by atoms with Crippen molar-refractivity contribution < 1.29 is 9.53 Å². The highest BCUT2D eigenvalue weighted by Crippen LogP contribution is 2.24. The summed E-state index contributed by atoms with van der Waals surface area (Å²) < 4.78 is 5.63. The molecule has 23 heavy (non-hydrogen) atoms. The number of rotatable bonds is 5. The van der Waals surface area contributed by atoms with Gasteiger partial charge in [0.25, 0.3) is 0 Å². The molecule has 0 aliphatic carbocycles. The van der Waals surface area contributed by atoms with Crippen LogP contribution in [0, 0.1) is 0 Å². The Balaban J connectivity index is 1.70. The van der Waals surface area contributed by atoms with E-state index in [0.29, 0.717) is 13.2 Å². The lowest BCUT2D eigenvalue weighted by Gasteiger charge is -2.19. The number of nitrogens with one attached hydrogen (secondary N) is 2. The van der Waals surface area contributed by atoms with Crippen LogP contribution in [0.15, 0.2) is 54.6 Å². The van der Waals surface area contributed by atoms with Crippen LogP contribution >= 0.6 is 0 Å². The van der Waals surface area contributed by atoms with Gasteiger partial charge in [-0.05, 0) is 35.2 Å². The minimum absolute atomic E-state index is 0.135. The summed E-state index contributed by atoms with van der Waals surface area (Å²) in [5, 5.41) is 5.52. The molecular weight excluding hydrogens is 288 g/mol. The van der Waals surface area contributed by atoms with Crippen molar-refractivity contribution in [3.63, 3.8) is 0 Å². The molecule has 2 rings (SSSR count). The molecule has 0 atom stereocenters. The molecule has 0 heterocycles. The third kappa shape index (κ3) is 5.66. The zero-order valence-electron chi connectivity index (χ0n) is 13.9. The quantitative estimate of drug-likeness (QED) is 0.814. The average molecular weight is 312 g/mol. The predicted octanol–water partition coefficient (Wildman–Crippen LogP) is 4.18. The fourth-order valence-corrected chi connectivity index (χ4v) is 2.08. The Morgan fingerprint density at radius 2 is 1.65 bits per heavy atom. The number of hydrogen-bond donors (Lipinski definition) is 2. The maximum Gasteiger partial charge on any atom is 0.319 e. The molecule has 2 aromatic carbocycles. The first-order valence-electron chi connectivity index (χ1n) is 7.78. The lowest BCUT2D eigenvalue weighted by atomic mass is 9.87. The van der Waals surface area contributed by atoms with Crippen molar-refractivity contribution in [2.24, 2.45) is 0 Å². The van der Waals surface area contributed by atoms with Crippen LogP contribution in [0.2, 0.25) is 0 Å². The Morgan fingerprint density at radius 1 is 1.00 bits per heavy atom. The van der Waals surface area contributed by atoms with Gasteiger partial charge in [-0.15, -0.1) is 0 Å². The van der Waals surface area contributed by atoms with Gasteiger partial charge in [0.2, 0.25) is 0 Å². The van der Waals surface area contributed by atoms with Crippen molar-refractivity contribution in [1.82, 2.24) is 5.32 Å². The summed E-state index contributed by atoms with van der Waals surface area (Å²) in [5.41, 5.74) is 2.17. The summed E-state index contributed by atoms with van der Waals surface area (Å²) in [5.74, 6) is 0.809. The largest absolute Gasteiger partial charge is 0.492 e. The van der Waals surface area contributed by atoms with Crippen LogP contribution in [0.5, 0.6) is 5.75 Å². The Kier molecular flexibility index (Phi) is 5.63. The number of carbonyl (C=O) groups excluding carboxylic acids is 1. The predicted molar refractivity (Wildman–Crippen MR) is 94.1 cm³/mol. The summed E-state index contributed by atoms with van der Waals surface area (Å²) in [4.78, 5) is 11.7. The molecule has 0 fully saturated rings. The van der Waals surface area contributed by atoms with Crippen LogP contribution in [0.3, 0.4) is 0 Å². The van der Waals surface area contributed by atoms with Crippen LogP contribution in [-0.4, -0.2) is 19.2 Å². The van der Waals surface area contributed by atoms with E-state index >= 15 is 0 Å². The fourth-order valence-electron chi connectivity index (χ4n) is 2.08. The molecule has 0 saturated heterocycles. The van der Waals surface area contributed by atoms with Gasteiger partial charge in [-0.3, -0.25) is 0 Å². The highest BCUT2D eigenvalue weighted by molar-refractivity contribution is 5.89. The van der Waals surface area contributed by atoms with Gasteiger partial charge in [0.05, 0.1) is 6.54 Å². The van der Waals surface area contributed by atoms with E-state index in [2.05, 4.69) is 43.5 Å². The summed E-state index contributed by atoms with van der Waals surface area (Å²) in [6.45, 7) is 7.41. The first kappa shape index (κ1) is 16.9. The normalized spacial score (nSPS) is 10.9. The van der Waals surface area contributed by atoms with E-state index in [-0.39, 0.29) is 11.4 Å². The van der Waals surface area contributed by atoms with Gasteiger partial charge in [0.1, 0.15) is 12.4 Å². The monoisotopic (exact) mass is 312 g/mol. The summed E-state index contributed by atoms with van der Waals surface area (Å²) >= 11 is 0. The summed E-state index contributed by atoms with van der Waals surface area (Å²) in [7, 11) is 0. The van der Waals surface area contributed by atoms with E-state index < -0.39 is 0 Å². The van der Waals surface area contributed by atoms with Crippen LogP contribution in [0.4, 0.5) is 10.5 Å². The second-order valence-electron chi connectivity index (χ2n) is 6.37. The molecule has 0 aromatic heterocycles. The van der Waals surface area contributed by atoms with Gasteiger partial charge in [-0.1, -0.05) is 51.1 Å². The van der Waals surface area contributed by atoms with Crippen LogP contribution < -0.4 is 15.4 Å². The lowest BCUT2D eigenvalue weighted by Crippen LogP contribution is -2.32. The van der Waals surface area contributed by atoms with E-state index in [4.69, 9.17) is 4.74 Å². The molecule has 122 valence electrons. The molecule has 0 unspecified atom stereocenters. The Hall–Kier alpha value is -2.49. The topological polar surface area (TPSA) is 50.4 Å². The number of ether oxygens (including phenoxy) is 1. The molecule has 0 radical (unpaired) electrons. The Morgan fingerprint density at radius 3 is 2.26 bits per heavy atom. The Labute approximate surface area is 137 Å². The van der Waals surface area contributed by atoms with Crippen molar-refractivity contribution >= 4 is 11.7 Å². The maximum absolute atomic E-state index is 11.7. The molecule has 4 heteroatoms. The first-order valence-corrected chi connectivity index (χ1v) is 7.78. The highest BCUT2D eigenvalue weighted by Gasteiger charge is 2.12. The minimum Gasteiger partial charge on any atom is -0.492 e. The summed E-state index contributed by atoms with van der Waals surface area (Å²) in [6.07, 6.45) is 0. The minimum atomic E-state index is -0.233. The van der Waals surface area contributed by atoms with Gasteiger partial charge < -0.3 is 15.4 Å². The number of hydrogen-bond acceptors (Lipinski definition) is 2. The highest BCUT2D eigenvalue weighted by atomic mass is 16.5. The first-order chi connectivity index (χ1) is 10.9. The third-order valence-electron chi connectivity index (χ3n) is 3.41. The van der Waals surface area contributed by atoms with E-state index in [9.17, 15) is 4.79 Å². The van der Waals surface area contributed by atoms with Gasteiger partial charge in [0.15, 0.2) is 0 Å². The number of benzene rings is 2. The SMILES string of the molecule is CC(C)(C)c1ccc(OCCNC(=O)Nc2ccccc2)cc1. The smallest absolute Gasteiger partial charge is 0.319 e. The number of anilines is 1. The number of carbonyl (C=O) groups is 1. The van der Waals surface area contributed by atoms with Crippen LogP contribution in [0.1, 0.15) is 26.3 Å². The van der Waals surface area contributed by atoms with Gasteiger partial charge in [-0.2, -0.15) is 0 Å². The molecule has 0 spiro atoms. The molecule has 0 bridgehead atoms. The maximum atomic E-state index is 11.7. The van der Waals surface area contributed by atoms with E-state index in [0.717, 1.165) is 11.4 Å². The molecule has 2 amide bonds. The second kappa shape index (κ2) is 7.68. The number of amides is 2. The van der Waals surface area contributed by atoms with Crippen LogP contribution in [-0.2, 0) is 5.41 Å². The zero-order chi connectivity index (χ0) is 16.7. The van der Waals surface area contributed by atoms with Crippen molar-refractivity contribution in [3.8, 4) is 5.75 Å². The van der Waals surface area contributed by atoms with Gasteiger partial charge in [-0.25, -0.2) is 4.79 Å². The molecule has 2 aromatic rings. The molecule has 0 saturated carbocycles. The molecule has 2 N–H and O–H groups in total. The van der Waals surface area contributed by atoms with Gasteiger partial charge in [0, 0.05) is 5.69 Å². The van der Waals surface area contributed by atoms with E-state index in [1.807, 2.05) is 42.5 Å². The fraction of sp³-hybridized carbons (Fsp3) is 0.316. The van der Waals surface area contributed by atoms with Gasteiger partial charge >= 0.3 is 6.03 Å². The molecule has 4 nitrogen and oxygen atoms in total. The second-order valence-corrected chi connectivity index (χ2v) is 6.37. The summed E-state index contributed by atoms with van der Waals surface area (Å²) in [6, 6.07) is 17.2. The standard InChI is InChI=1S/C19H24N2O2/c1-19(2,3)15-9-11-17(12-10-15)23-14-13-20-18(22)21-16-7-5-4-6-8-16/h4-12H,13-14H2,1-3H3,(H2,20,21,22). The third-order valence-corrected chi connectivity index (χ3v) is 3.41. The van der Waals surface area contributed by atoms with E-state index in [1.54, 1.807) is 0 Å². The average Bonchev–Trinajstić information content (AvgIpc) is 2.52. The molecule has 0 aliphatic rings. The number of urea groups is 1. The van der Waals surface area contributed by atoms with Crippen molar-refractivity contribution in [3.05, 3.63) is 60.2 Å². The van der Waals surface area contributed by atoms with Crippen molar-refractivity contribution in [1.29, 1.82) is 0 Å². The number of para-hydroxylation sites is 1.